The summed E-state index contributed by atoms with van der Waals surface area (Å²) in [7, 11) is -3.18. The molecule has 0 saturated heterocycles. The van der Waals surface area contributed by atoms with E-state index in [0.29, 0.717) is 0 Å². The van der Waals surface area contributed by atoms with E-state index >= 15 is 4.57 Å². The first-order valence-corrected chi connectivity index (χ1v) is 13.6. The molecule has 0 N–H and O–H groups in total. The van der Waals surface area contributed by atoms with Crippen LogP contribution in [0.1, 0.15) is 11.1 Å². The first-order chi connectivity index (χ1) is 17.1. The van der Waals surface area contributed by atoms with Crippen LogP contribution in [-0.4, -0.2) is 0 Å². The van der Waals surface area contributed by atoms with E-state index < -0.39 is 7.14 Å². The maximum absolute atomic E-state index is 15.6. The summed E-state index contributed by atoms with van der Waals surface area (Å²) < 4.78 is 15.6. The molecule has 5 aromatic rings. The van der Waals surface area contributed by atoms with Crippen LogP contribution in [-0.2, 0) is 4.57 Å². The molecule has 1 aliphatic heterocycles. The van der Waals surface area contributed by atoms with Gasteiger partial charge in [-0.2, -0.15) is 0 Å². The lowest BCUT2D eigenvalue weighted by atomic mass is 9.86. The molecule has 1 atom stereocenters. The molecule has 0 fully saturated rings. The maximum Gasteiger partial charge on any atom is 0.172 e. The Kier molecular flexibility index (Phi) is 5.17. The van der Waals surface area contributed by atoms with Crippen molar-refractivity contribution in [1.29, 1.82) is 0 Å². The summed E-state index contributed by atoms with van der Waals surface area (Å²) in [6.07, 6.45) is 5.93. The average molecular weight is 469 g/mol. The predicted octanol–water partition coefficient (Wildman–Crippen LogP) is 7.63. The standard InChI is InChI=1S/C33H25OP/c1-3-4-15-26-23(2)19-21-29-28-17-10-11-18-30(28)35(34,25-13-6-5-7-14-25)31-22-20-24-12-8-9-16-27(24)33(31)32(26)29/h3-22H,1H2,2H3/b15-4-. The third-order valence-electron chi connectivity index (χ3n) is 7.01. The van der Waals surface area contributed by atoms with E-state index in [4.69, 9.17) is 0 Å². The van der Waals surface area contributed by atoms with Gasteiger partial charge in [-0.15, -0.1) is 0 Å². The molecule has 0 spiro atoms. The highest BCUT2D eigenvalue weighted by Crippen LogP contribution is 2.54. The van der Waals surface area contributed by atoms with Gasteiger partial charge in [0.15, 0.2) is 7.14 Å². The number of hydrogen-bond donors (Lipinski definition) is 0. The fourth-order valence-electron chi connectivity index (χ4n) is 5.40. The fourth-order valence-corrected chi connectivity index (χ4v) is 8.47. The molecule has 0 aromatic heterocycles. The molecule has 1 unspecified atom stereocenters. The molecular formula is C33H25OP. The molecule has 0 amide bonds. The van der Waals surface area contributed by atoms with Crippen LogP contribution in [0.5, 0.6) is 0 Å². The van der Waals surface area contributed by atoms with Gasteiger partial charge < -0.3 is 4.57 Å². The minimum atomic E-state index is -3.18. The number of fused-ring (bicyclic) bond motifs is 7. The highest BCUT2D eigenvalue weighted by molar-refractivity contribution is 7.85. The number of benzene rings is 5. The number of allylic oxidation sites excluding steroid dienone is 2. The molecule has 1 nitrogen and oxygen atoms in total. The van der Waals surface area contributed by atoms with Crippen LogP contribution in [0.4, 0.5) is 0 Å². The second kappa shape index (κ2) is 8.38. The molecule has 0 bridgehead atoms. The van der Waals surface area contributed by atoms with Gasteiger partial charge in [-0.05, 0) is 51.6 Å². The Bertz CT molecular complexity index is 1690. The summed E-state index contributed by atoms with van der Waals surface area (Å²) >= 11 is 0. The van der Waals surface area contributed by atoms with E-state index in [2.05, 4.69) is 80.2 Å². The third kappa shape index (κ3) is 3.20. The minimum absolute atomic E-state index is 0.858. The van der Waals surface area contributed by atoms with Crippen molar-refractivity contribution in [1.82, 2.24) is 0 Å². The second-order valence-electron chi connectivity index (χ2n) is 8.96. The molecule has 168 valence electrons. The van der Waals surface area contributed by atoms with Crippen molar-refractivity contribution >= 4 is 39.9 Å². The number of aryl methyl sites for hydroxylation is 1. The van der Waals surface area contributed by atoms with E-state index in [-0.39, 0.29) is 0 Å². The molecule has 6 rings (SSSR count). The summed E-state index contributed by atoms with van der Waals surface area (Å²) in [6, 6.07) is 35.2. The lowest BCUT2D eigenvalue weighted by Gasteiger charge is -2.23. The monoisotopic (exact) mass is 468 g/mol. The van der Waals surface area contributed by atoms with E-state index in [9.17, 15) is 0 Å². The summed E-state index contributed by atoms with van der Waals surface area (Å²) in [4.78, 5) is 0. The Hall–Kier alpha value is -3.93. The topological polar surface area (TPSA) is 17.1 Å². The quantitative estimate of drug-likeness (QED) is 0.193. The maximum atomic E-state index is 15.6. The molecule has 0 aliphatic carbocycles. The van der Waals surface area contributed by atoms with Crippen molar-refractivity contribution in [2.45, 2.75) is 6.92 Å². The average Bonchev–Trinajstić information content (AvgIpc) is 3.01. The van der Waals surface area contributed by atoms with Crippen molar-refractivity contribution < 1.29 is 4.57 Å². The lowest BCUT2D eigenvalue weighted by molar-refractivity contribution is 0.592. The molecule has 1 heterocycles. The van der Waals surface area contributed by atoms with Crippen molar-refractivity contribution in [3.05, 3.63) is 133 Å². The molecule has 2 heteroatoms. The van der Waals surface area contributed by atoms with Gasteiger partial charge in [-0.25, -0.2) is 0 Å². The van der Waals surface area contributed by atoms with Crippen LogP contribution in [0.15, 0.2) is 122 Å². The van der Waals surface area contributed by atoms with Crippen LogP contribution >= 0.6 is 7.14 Å². The SMILES string of the molecule is C=C/C=C\c1c(C)ccc2c1-c1c(ccc3ccccc13)P(=O)(c1ccccc1)c1ccccc1-2. The van der Waals surface area contributed by atoms with Crippen LogP contribution in [0.3, 0.4) is 0 Å². The van der Waals surface area contributed by atoms with Crippen LogP contribution in [0.25, 0.3) is 39.1 Å². The lowest BCUT2D eigenvalue weighted by Crippen LogP contribution is -2.26. The molecule has 1 aliphatic rings. The fraction of sp³-hybridized carbons (Fsp3) is 0.0303. The van der Waals surface area contributed by atoms with E-state index in [1.807, 2.05) is 54.6 Å². The largest absolute Gasteiger partial charge is 0.309 e. The third-order valence-corrected chi connectivity index (χ3v) is 10.2. The van der Waals surface area contributed by atoms with Gasteiger partial charge in [0.1, 0.15) is 0 Å². The summed E-state index contributed by atoms with van der Waals surface area (Å²) in [5.41, 5.74) is 6.65. The number of rotatable bonds is 3. The van der Waals surface area contributed by atoms with Gasteiger partial charge >= 0.3 is 0 Å². The van der Waals surface area contributed by atoms with E-state index in [1.54, 1.807) is 0 Å². The van der Waals surface area contributed by atoms with Crippen LogP contribution in [0, 0.1) is 6.92 Å². The first-order valence-electron chi connectivity index (χ1n) is 11.9. The first kappa shape index (κ1) is 21.6. The Morgan fingerprint density at radius 1 is 0.686 bits per heavy atom. The zero-order valence-corrected chi connectivity index (χ0v) is 20.5. The summed E-state index contributed by atoms with van der Waals surface area (Å²) in [5.74, 6) is 0. The number of hydrogen-bond acceptors (Lipinski definition) is 1. The predicted molar refractivity (Wildman–Crippen MR) is 152 cm³/mol. The molecule has 0 saturated carbocycles. The highest BCUT2D eigenvalue weighted by atomic mass is 31.2. The van der Waals surface area contributed by atoms with Crippen LogP contribution < -0.4 is 15.9 Å². The van der Waals surface area contributed by atoms with E-state index in [0.717, 1.165) is 54.5 Å². The van der Waals surface area contributed by atoms with Crippen molar-refractivity contribution in [2.24, 2.45) is 0 Å². The molecule has 35 heavy (non-hydrogen) atoms. The second-order valence-corrected chi connectivity index (χ2v) is 11.7. The zero-order chi connectivity index (χ0) is 24.0. The molecular weight excluding hydrogens is 443 g/mol. The zero-order valence-electron chi connectivity index (χ0n) is 19.6. The summed E-state index contributed by atoms with van der Waals surface area (Å²) in [5, 5.41) is 4.91. The van der Waals surface area contributed by atoms with Gasteiger partial charge in [0.25, 0.3) is 0 Å². The Morgan fingerprint density at radius 2 is 1.43 bits per heavy atom. The van der Waals surface area contributed by atoms with Gasteiger partial charge in [0.2, 0.25) is 0 Å². The molecule has 5 aromatic carbocycles. The van der Waals surface area contributed by atoms with Crippen LogP contribution in [0.2, 0.25) is 0 Å². The smallest absolute Gasteiger partial charge is 0.172 e. The van der Waals surface area contributed by atoms with Crippen molar-refractivity contribution in [2.75, 3.05) is 0 Å². The van der Waals surface area contributed by atoms with Crippen molar-refractivity contribution in [3.63, 3.8) is 0 Å². The van der Waals surface area contributed by atoms with Gasteiger partial charge in [0, 0.05) is 21.5 Å². The normalized spacial score (nSPS) is 16.4. The highest BCUT2D eigenvalue weighted by Gasteiger charge is 2.38. The van der Waals surface area contributed by atoms with E-state index in [1.165, 1.54) is 5.56 Å². The Labute approximate surface area is 206 Å². The Morgan fingerprint density at radius 3 is 2.26 bits per heavy atom. The van der Waals surface area contributed by atoms with Crippen molar-refractivity contribution in [3.8, 4) is 22.3 Å². The Balaban J connectivity index is 1.91. The van der Waals surface area contributed by atoms with Gasteiger partial charge in [-0.3, -0.25) is 0 Å². The minimum Gasteiger partial charge on any atom is -0.309 e. The van der Waals surface area contributed by atoms with Gasteiger partial charge in [-0.1, -0.05) is 122 Å². The van der Waals surface area contributed by atoms with Gasteiger partial charge in [0.05, 0.1) is 0 Å². The molecule has 0 radical (unpaired) electrons. The summed E-state index contributed by atoms with van der Waals surface area (Å²) in [6.45, 7) is 6.04.